The molecule has 0 fully saturated rings. The highest BCUT2D eigenvalue weighted by atomic mass is 16.5. The first-order valence-corrected chi connectivity index (χ1v) is 8.07. The predicted molar refractivity (Wildman–Crippen MR) is 95.4 cm³/mol. The van der Waals surface area contributed by atoms with Crippen LogP contribution in [0.3, 0.4) is 0 Å². The number of aliphatic hydroxyl groups excluding tert-OH is 1. The second-order valence-corrected chi connectivity index (χ2v) is 6.06. The molecule has 5 heteroatoms. The number of hydrogen-bond acceptors (Lipinski definition) is 5. The van der Waals surface area contributed by atoms with Crippen LogP contribution in [0.4, 0.5) is 0 Å². The average molecular weight is 338 g/mol. The normalized spacial score (nSPS) is 11.8. The summed E-state index contributed by atoms with van der Waals surface area (Å²) in [5, 5.41) is 19.1. The van der Waals surface area contributed by atoms with Crippen molar-refractivity contribution in [2.24, 2.45) is 0 Å². The van der Waals surface area contributed by atoms with Crippen LogP contribution in [0.5, 0.6) is 5.75 Å². The summed E-state index contributed by atoms with van der Waals surface area (Å²) in [5.41, 5.74) is 2.23. The van der Waals surface area contributed by atoms with E-state index >= 15 is 0 Å². The van der Waals surface area contributed by atoms with Crippen molar-refractivity contribution in [2.75, 3.05) is 20.2 Å². The maximum absolute atomic E-state index is 11.4. The Labute approximate surface area is 148 Å². The minimum absolute atomic E-state index is 0.0228. The predicted octanol–water partition coefficient (Wildman–Crippen LogP) is 2.63. The minimum atomic E-state index is -0.662. The van der Waals surface area contributed by atoms with Crippen LogP contribution in [-0.4, -0.2) is 42.1 Å². The maximum atomic E-state index is 11.4. The first-order chi connectivity index (χ1) is 12.0. The molecule has 1 unspecified atom stereocenters. The SMILES string of the molecule is CC(=O)c1cccc(OCC(O)CN(C)Cc2cccc(C#N)c2)c1. The lowest BCUT2D eigenvalue weighted by Crippen LogP contribution is -2.32. The fourth-order valence-electron chi connectivity index (χ4n) is 2.53. The van der Waals surface area contributed by atoms with E-state index in [-0.39, 0.29) is 12.4 Å². The van der Waals surface area contributed by atoms with Gasteiger partial charge in [0.25, 0.3) is 0 Å². The van der Waals surface area contributed by atoms with Gasteiger partial charge >= 0.3 is 0 Å². The van der Waals surface area contributed by atoms with Crippen molar-refractivity contribution in [3.05, 3.63) is 65.2 Å². The molecule has 0 radical (unpaired) electrons. The summed E-state index contributed by atoms with van der Waals surface area (Å²) in [6, 6.07) is 16.4. The molecule has 0 bridgehead atoms. The summed E-state index contributed by atoms with van der Waals surface area (Å²) in [5.74, 6) is 0.543. The number of ketones is 1. The van der Waals surface area contributed by atoms with Gasteiger partial charge in [-0.1, -0.05) is 24.3 Å². The molecule has 0 saturated carbocycles. The van der Waals surface area contributed by atoms with E-state index in [9.17, 15) is 9.90 Å². The van der Waals surface area contributed by atoms with Crippen LogP contribution in [0, 0.1) is 11.3 Å². The number of rotatable bonds is 8. The van der Waals surface area contributed by atoms with Gasteiger partial charge in [-0.25, -0.2) is 0 Å². The highest BCUT2D eigenvalue weighted by Gasteiger charge is 2.11. The number of carbonyl (C=O) groups is 1. The first-order valence-electron chi connectivity index (χ1n) is 8.07. The minimum Gasteiger partial charge on any atom is -0.491 e. The molecule has 2 rings (SSSR count). The number of hydrogen-bond donors (Lipinski definition) is 1. The molecule has 25 heavy (non-hydrogen) atoms. The zero-order chi connectivity index (χ0) is 18.2. The maximum Gasteiger partial charge on any atom is 0.159 e. The standard InChI is InChI=1S/C20H22N2O3/c1-15(23)18-7-4-8-20(10-18)25-14-19(24)13-22(2)12-17-6-3-5-16(9-17)11-21/h3-10,19,24H,12-14H2,1-2H3. The van der Waals surface area contributed by atoms with Crippen molar-refractivity contribution in [2.45, 2.75) is 19.6 Å². The molecule has 0 spiro atoms. The van der Waals surface area contributed by atoms with Gasteiger partial charge in [0, 0.05) is 18.7 Å². The van der Waals surface area contributed by atoms with Crippen LogP contribution in [0.1, 0.15) is 28.4 Å². The number of Topliss-reactive ketones (excluding diaryl/α,β-unsaturated/α-hetero) is 1. The summed E-state index contributed by atoms with van der Waals surface area (Å²) in [6.07, 6.45) is -0.662. The lowest BCUT2D eigenvalue weighted by Gasteiger charge is -2.21. The molecule has 1 atom stereocenters. The van der Waals surface area contributed by atoms with Gasteiger partial charge in [-0.05, 0) is 43.8 Å². The number of nitrogens with zero attached hydrogens (tertiary/aromatic N) is 2. The van der Waals surface area contributed by atoms with Gasteiger partial charge in [-0.15, -0.1) is 0 Å². The quantitative estimate of drug-likeness (QED) is 0.749. The Hall–Kier alpha value is -2.68. The molecule has 0 aliphatic heterocycles. The Balaban J connectivity index is 1.83. The lowest BCUT2D eigenvalue weighted by molar-refractivity contribution is 0.0743. The second-order valence-electron chi connectivity index (χ2n) is 6.06. The average Bonchev–Trinajstić information content (AvgIpc) is 2.60. The molecule has 2 aromatic rings. The highest BCUT2D eigenvalue weighted by molar-refractivity contribution is 5.94. The molecule has 2 aromatic carbocycles. The Bertz CT molecular complexity index is 768. The van der Waals surface area contributed by atoms with Gasteiger partial charge in [0.15, 0.2) is 5.78 Å². The molecular weight excluding hydrogens is 316 g/mol. The number of aliphatic hydroxyl groups is 1. The van der Waals surface area contributed by atoms with Gasteiger partial charge in [0.2, 0.25) is 0 Å². The first kappa shape index (κ1) is 18.7. The van der Waals surface area contributed by atoms with Crippen molar-refractivity contribution in [3.8, 4) is 11.8 Å². The van der Waals surface area contributed by atoms with E-state index in [1.807, 2.05) is 30.1 Å². The van der Waals surface area contributed by atoms with E-state index in [4.69, 9.17) is 10.00 Å². The van der Waals surface area contributed by atoms with E-state index in [0.29, 0.717) is 30.0 Å². The van der Waals surface area contributed by atoms with Crippen LogP contribution in [0.2, 0.25) is 0 Å². The highest BCUT2D eigenvalue weighted by Crippen LogP contribution is 2.14. The van der Waals surface area contributed by atoms with Gasteiger partial charge in [0.1, 0.15) is 18.5 Å². The third-order valence-corrected chi connectivity index (χ3v) is 3.71. The largest absolute Gasteiger partial charge is 0.491 e. The van der Waals surface area contributed by atoms with Gasteiger partial charge in [0.05, 0.1) is 11.6 Å². The fraction of sp³-hybridized carbons (Fsp3) is 0.300. The van der Waals surface area contributed by atoms with Gasteiger partial charge in [-0.3, -0.25) is 9.69 Å². The monoisotopic (exact) mass is 338 g/mol. The van der Waals surface area contributed by atoms with Crippen LogP contribution >= 0.6 is 0 Å². The molecule has 0 aromatic heterocycles. The molecule has 1 N–H and O–H groups in total. The Morgan fingerprint density at radius 2 is 2.04 bits per heavy atom. The zero-order valence-electron chi connectivity index (χ0n) is 14.5. The van der Waals surface area contributed by atoms with Crippen molar-refractivity contribution in [3.63, 3.8) is 0 Å². The molecule has 0 aliphatic carbocycles. The van der Waals surface area contributed by atoms with E-state index < -0.39 is 6.10 Å². The van der Waals surface area contributed by atoms with E-state index in [0.717, 1.165) is 5.56 Å². The topological polar surface area (TPSA) is 73.6 Å². The van der Waals surface area contributed by atoms with E-state index in [1.165, 1.54) is 6.92 Å². The van der Waals surface area contributed by atoms with Gasteiger partial charge in [-0.2, -0.15) is 5.26 Å². The molecule has 0 heterocycles. The summed E-state index contributed by atoms with van der Waals surface area (Å²) in [6.45, 7) is 2.71. The van der Waals surface area contributed by atoms with E-state index in [2.05, 4.69) is 6.07 Å². The zero-order valence-corrected chi connectivity index (χ0v) is 14.5. The van der Waals surface area contributed by atoms with Crippen molar-refractivity contribution >= 4 is 5.78 Å². The smallest absolute Gasteiger partial charge is 0.159 e. The van der Waals surface area contributed by atoms with Crippen LogP contribution in [-0.2, 0) is 6.54 Å². The Morgan fingerprint density at radius 3 is 2.76 bits per heavy atom. The number of ether oxygens (including phenoxy) is 1. The summed E-state index contributed by atoms with van der Waals surface area (Å²) < 4.78 is 5.57. The second kappa shape index (κ2) is 8.97. The van der Waals surface area contributed by atoms with Crippen LogP contribution in [0.15, 0.2) is 48.5 Å². The Kier molecular flexibility index (Phi) is 6.70. The third-order valence-electron chi connectivity index (χ3n) is 3.71. The lowest BCUT2D eigenvalue weighted by atomic mass is 10.1. The van der Waals surface area contributed by atoms with Crippen molar-refractivity contribution < 1.29 is 14.6 Å². The summed E-state index contributed by atoms with van der Waals surface area (Å²) in [7, 11) is 1.90. The number of likely N-dealkylation sites (N-methyl/N-ethyl adjacent to an activating group) is 1. The number of carbonyl (C=O) groups excluding carboxylic acids is 1. The number of benzene rings is 2. The summed E-state index contributed by atoms with van der Waals surface area (Å²) in [4.78, 5) is 13.3. The number of nitriles is 1. The van der Waals surface area contributed by atoms with E-state index in [1.54, 1.807) is 30.3 Å². The van der Waals surface area contributed by atoms with Crippen LogP contribution in [0.25, 0.3) is 0 Å². The third kappa shape index (κ3) is 6.03. The summed E-state index contributed by atoms with van der Waals surface area (Å²) >= 11 is 0. The molecule has 5 nitrogen and oxygen atoms in total. The molecule has 0 amide bonds. The van der Waals surface area contributed by atoms with Crippen LogP contribution < -0.4 is 4.74 Å². The molecule has 130 valence electrons. The van der Waals surface area contributed by atoms with Crippen molar-refractivity contribution in [1.82, 2.24) is 4.90 Å². The molecular formula is C20H22N2O3. The molecule has 0 aliphatic rings. The molecule has 0 saturated heterocycles. The van der Waals surface area contributed by atoms with Gasteiger partial charge < -0.3 is 9.84 Å². The fourth-order valence-corrected chi connectivity index (χ4v) is 2.53. The Morgan fingerprint density at radius 1 is 1.28 bits per heavy atom. The van der Waals surface area contributed by atoms with Crippen molar-refractivity contribution in [1.29, 1.82) is 5.26 Å².